The predicted molar refractivity (Wildman–Crippen MR) is 77.8 cm³/mol. The smallest absolute Gasteiger partial charge is 0.134 e. The maximum atomic E-state index is 5.85. The molecule has 1 aromatic heterocycles. The number of hydrogen-bond donors (Lipinski definition) is 1. The highest BCUT2D eigenvalue weighted by molar-refractivity contribution is 5.82. The molecule has 0 amide bonds. The zero-order valence-corrected chi connectivity index (χ0v) is 11.4. The number of nitrogens with zero attached hydrogens (tertiary/aromatic N) is 1. The molecule has 0 spiro atoms. The van der Waals surface area contributed by atoms with Crippen LogP contribution in [0.4, 0.5) is 0 Å². The molecule has 2 heterocycles. The lowest BCUT2D eigenvalue weighted by Crippen LogP contribution is -2.29. The molecule has 1 aromatic carbocycles. The van der Waals surface area contributed by atoms with E-state index in [4.69, 9.17) is 10.2 Å². The van der Waals surface area contributed by atoms with Crippen LogP contribution in [-0.2, 0) is 13.1 Å². The largest absolute Gasteiger partial charge is 0.459 e. The first-order valence-corrected chi connectivity index (χ1v) is 6.85. The summed E-state index contributed by atoms with van der Waals surface area (Å²) < 4.78 is 5.85. The van der Waals surface area contributed by atoms with Crippen LogP contribution in [-0.4, -0.2) is 18.0 Å². The quantitative estimate of drug-likeness (QED) is 0.858. The second-order valence-corrected chi connectivity index (χ2v) is 5.25. The van der Waals surface area contributed by atoms with Gasteiger partial charge in [-0.1, -0.05) is 29.8 Å². The summed E-state index contributed by atoms with van der Waals surface area (Å²) in [4.78, 5) is 2.46. The van der Waals surface area contributed by atoms with Gasteiger partial charge < -0.3 is 10.2 Å². The van der Waals surface area contributed by atoms with Crippen LogP contribution in [0.1, 0.15) is 24.7 Å². The molecule has 0 saturated carbocycles. The molecule has 2 aromatic rings. The fraction of sp³-hybridized carbons (Fsp3) is 0.375. The maximum Gasteiger partial charge on any atom is 0.134 e. The summed E-state index contributed by atoms with van der Waals surface area (Å²) in [6, 6.07) is 8.20. The van der Waals surface area contributed by atoms with Crippen molar-refractivity contribution >= 4 is 11.0 Å². The van der Waals surface area contributed by atoms with Gasteiger partial charge in [0.05, 0.1) is 6.54 Å². The number of benzene rings is 1. The van der Waals surface area contributed by atoms with Crippen LogP contribution in [0.15, 0.2) is 40.3 Å². The highest BCUT2D eigenvalue weighted by atomic mass is 16.3. The lowest BCUT2D eigenvalue weighted by atomic mass is 10.1. The van der Waals surface area contributed by atoms with Gasteiger partial charge in [0.15, 0.2) is 0 Å². The number of nitrogens with two attached hydrogens (primary N) is 1. The van der Waals surface area contributed by atoms with Crippen molar-refractivity contribution in [3.05, 3.63) is 47.2 Å². The summed E-state index contributed by atoms with van der Waals surface area (Å²) in [5.74, 6) is 0.924. The first-order chi connectivity index (χ1) is 9.28. The Labute approximate surface area is 113 Å². The Kier molecular flexibility index (Phi) is 3.40. The summed E-state index contributed by atoms with van der Waals surface area (Å²) in [6.07, 6.45) is 3.47. The van der Waals surface area contributed by atoms with Gasteiger partial charge >= 0.3 is 0 Å². The van der Waals surface area contributed by atoms with Crippen molar-refractivity contribution in [1.82, 2.24) is 4.90 Å². The van der Waals surface area contributed by atoms with Crippen LogP contribution >= 0.6 is 0 Å². The summed E-state index contributed by atoms with van der Waals surface area (Å²) in [5.41, 5.74) is 9.48. The van der Waals surface area contributed by atoms with Crippen molar-refractivity contribution in [3.8, 4) is 0 Å². The van der Waals surface area contributed by atoms with Crippen LogP contribution in [0.25, 0.3) is 11.0 Å². The van der Waals surface area contributed by atoms with E-state index >= 15 is 0 Å². The van der Waals surface area contributed by atoms with Crippen LogP contribution in [0.2, 0.25) is 0 Å². The van der Waals surface area contributed by atoms with Gasteiger partial charge in [0, 0.05) is 30.6 Å². The predicted octanol–water partition coefficient (Wildman–Crippen LogP) is 3.04. The Hall–Kier alpha value is -1.58. The van der Waals surface area contributed by atoms with E-state index in [0.717, 1.165) is 37.4 Å². The van der Waals surface area contributed by atoms with Crippen LogP contribution < -0.4 is 5.73 Å². The summed E-state index contributed by atoms with van der Waals surface area (Å²) >= 11 is 0. The Morgan fingerprint density at radius 2 is 2.16 bits per heavy atom. The first kappa shape index (κ1) is 12.5. The highest BCUT2D eigenvalue weighted by Crippen LogP contribution is 2.27. The molecule has 0 unspecified atom stereocenters. The standard InChI is InChI=1S/C16H20N2O/c1-12-5-4-8-18(10-12)11-14-13-6-2-3-7-15(13)19-16(14)9-17/h2-3,5-7H,4,8-11,17H2,1H3. The second-order valence-electron chi connectivity index (χ2n) is 5.25. The summed E-state index contributed by atoms with van der Waals surface area (Å²) in [5, 5.41) is 1.20. The number of para-hydroxylation sites is 1. The van der Waals surface area contributed by atoms with Crippen molar-refractivity contribution in [3.63, 3.8) is 0 Å². The molecule has 0 fully saturated rings. The number of hydrogen-bond acceptors (Lipinski definition) is 3. The molecule has 0 bridgehead atoms. The maximum absolute atomic E-state index is 5.85. The van der Waals surface area contributed by atoms with E-state index in [1.807, 2.05) is 12.1 Å². The monoisotopic (exact) mass is 256 g/mol. The minimum absolute atomic E-state index is 0.465. The third-order valence-electron chi connectivity index (χ3n) is 3.76. The van der Waals surface area contributed by atoms with E-state index in [9.17, 15) is 0 Å². The molecule has 3 heteroatoms. The summed E-state index contributed by atoms with van der Waals surface area (Å²) in [6.45, 7) is 5.75. The molecule has 3 rings (SSSR count). The van der Waals surface area contributed by atoms with Crippen molar-refractivity contribution < 1.29 is 4.42 Å². The van der Waals surface area contributed by atoms with Gasteiger partial charge in [-0.25, -0.2) is 0 Å². The molecule has 0 saturated heterocycles. The van der Waals surface area contributed by atoms with Gasteiger partial charge in [-0.05, 0) is 19.4 Å². The number of furan rings is 1. The van der Waals surface area contributed by atoms with Crippen LogP contribution in [0, 0.1) is 0 Å². The number of fused-ring (bicyclic) bond motifs is 1. The molecular weight excluding hydrogens is 236 g/mol. The van der Waals surface area contributed by atoms with Crippen molar-refractivity contribution in [2.24, 2.45) is 5.73 Å². The SMILES string of the molecule is CC1=CCCN(Cc2c(CN)oc3ccccc23)C1. The van der Waals surface area contributed by atoms with Gasteiger partial charge in [0.2, 0.25) is 0 Å². The Morgan fingerprint density at radius 1 is 1.32 bits per heavy atom. The average molecular weight is 256 g/mol. The summed E-state index contributed by atoms with van der Waals surface area (Å²) in [7, 11) is 0. The molecule has 100 valence electrons. The van der Waals surface area contributed by atoms with E-state index in [1.54, 1.807) is 0 Å². The van der Waals surface area contributed by atoms with Crippen LogP contribution in [0.5, 0.6) is 0 Å². The lowest BCUT2D eigenvalue weighted by molar-refractivity contribution is 0.280. The minimum atomic E-state index is 0.465. The molecule has 3 nitrogen and oxygen atoms in total. The van der Waals surface area contributed by atoms with E-state index in [-0.39, 0.29) is 0 Å². The average Bonchev–Trinajstić information content (AvgIpc) is 2.77. The Bertz CT molecular complexity index is 612. The molecule has 0 radical (unpaired) electrons. The molecule has 2 N–H and O–H groups in total. The molecule has 19 heavy (non-hydrogen) atoms. The highest BCUT2D eigenvalue weighted by Gasteiger charge is 2.17. The van der Waals surface area contributed by atoms with E-state index in [0.29, 0.717) is 6.54 Å². The van der Waals surface area contributed by atoms with Crippen molar-refractivity contribution in [2.45, 2.75) is 26.4 Å². The third kappa shape index (κ3) is 2.44. The van der Waals surface area contributed by atoms with E-state index < -0.39 is 0 Å². The third-order valence-corrected chi connectivity index (χ3v) is 3.76. The fourth-order valence-electron chi connectivity index (χ4n) is 2.84. The molecule has 1 aliphatic heterocycles. The second kappa shape index (κ2) is 5.19. The van der Waals surface area contributed by atoms with E-state index in [2.05, 4.69) is 30.0 Å². The van der Waals surface area contributed by atoms with Crippen molar-refractivity contribution in [2.75, 3.05) is 13.1 Å². The fourth-order valence-corrected chi connectivity index (χ4v) is 2.84. The van der Waals surface area contributed by atoms with Gasteiger partial charge in [-0.2, -0.15) is 0 Å². The van der Waals surface area contributed by atoms with Gasteiger partial charge in [-0.15, -0.1) is 0 Å². The molecule has 0 atom stereocenters. The van der Waals surface area contributed by atoms with Crippen molar-refractivity contribution in [1.29, 1.82) is 0 Å². The Morgan fingerprint density at radius 3 is 2.95 bits per heavy atom. The van der Waals surface area contributed by atoms with E-state index in [1.165, 1.54) is 16.5 Å². The number of rotatable bonds is 3. The van der Waals surface area contributed by atoms with Gasteiger partial charge in [0.25, 0.3) is 0 Å². The normalized spacial score (nSPS) is 16.8. The topological polar surface area (TPSA) is 42.4 Å². The first-order valence-electron chi connectivity index (χ1n) is 6.85. The Balaban J connectivity index is 1.93. The lowest BCUT2D eigenvalue weighted by Gasteiger charge is -2.25. The minimum Gasteiger partial charge on any atom is -0.459 e. The molecule has 1 aliphatic rings. The van der Waals surface area contributed by atoms with Gasteiger partial charge in [0.1, 0.15) is 11.3 Å². The zero-order valence-electron chi connectivity index (χ0n) is 11.4. The zero-order chi connectivity index (χ0) is 13.2. The molecular formula is C16H20N2O. The van der Waals surface area contributed by atoms with Gasteiger partial charge in [-0.3, -0.25) is 4.90 Å². The van der Waals surface area contributed by atoms with Crippen LogP contribution in [0.3, 0.4) is 0 Å². The molecule has 0 aliphatic carbocycles.